The van der Waals surface area contributed by atoms with Crippen molar-refractivity contribution < 1.29 is 28.6 Å². The standard InChI is InChI=1S/C27H25NO6S3/c1-14-9-7-12-17-18(26-36-20(24(30)33-5)21(37-26)25(31)34-6)22(35)27(2,3)28(19(14)17)23(29)15-10-8-11-16(13-15)32-4/h7-13H,1-6H3. The van der Waals surface area contributed by atoms with Crippen molar-refractivity contribution in [3.63, 3.8) is 0 Å². The van der Waals surface area contributed by atoms with Gasteiger partial charge in [0.15, 0.2) is 0 Å². The zero-order valence-corrected chi connectivity index (χ0v) is 23.6. The van der Waals surface area contributed by atoms with Crippen LogP contribution in [0.2, 0.25) is 0 Å². The van der Waals surface area contributed by atoms with Crippen LogP contribution in [-0.4, -0.2) is 49.6 Å². The Morgan fingerprint density at radius 3 is 2.08 bits per heavy atom. The van der Waals surface area contributed by atoms with Gasteiger partial charge in [0.25, 0.3) is 5.91 Å². The number of hydrogen-bond acceptors (Lipinski definition) is 9. The molecule has 192 valence electrons. The molecule has 2 aliphatic heterocycles. The maximum absolute atomic E-state index is 14.0. The molecule has 0 aromatic heterocycles. The lowest BCUT2D eigenvalue weighted by Crippen LogP contribution is -2.56. The summed E-state index contributed by atoms with van der Waals surface area (Å²) in [4.78, 5) is 41.5. The Balaban J connectivity index is 1.92. The molecule has 0 spiro atoms. The minimum Gasteiger partial charge on any atom is -0.497 e. The van der Waals surface area contributed by atoms with Gasteiger partial charge < -0.3 is 14.2 Å². The van der Waals surface area contributed by atoms with Gasteiger partial charge >= 0.3 is 11.9 Å². The molecular formula is C27H25NO6S3. The number of para-hydroxylation sites is 1. The molecule has 0 atom stereocenters. The van der Waals surface area contributed by atoms with Gasteiger partial charge in [-0.15, -0.1) is 0 Å². The molecule has 2 heterocycles. The first kappa shape index (κ1) is 27.0. The lowest BCUT2D eigenvalue weighted by Gasteiger charge is -2.46. The van der Waals surface area contributed by atoms with E-state index in [1.54, 1.807) is 36.3 Å². The summed E-state index contributed by atoms with van der Waals surface area (Å²) in [6, 6.07) is 12.7. The number of anilines is 1. The molecular weight excluding hydrogens is 530 g/mol. The molecule has 0 saturated carbocycles. The van der Waals surface area contributed by atoms with Gasteiger partial charge in [0, 0.05) is 16.7 Å². The SMILES string of the molecule is COC(=O)C1=C(C(=O)OC)SC(=C2C(=S)C(C)(C)N(C(=O)c3cccc(OC)c3)c3c(C)cccc32)S1. The van der Waals surface area contributed by atoms with E-state index in [9.17, 15) is 14.4 Å². The average Bonchev–Trinajstić information content (AvgIpc) is 3.33. The van der Waals surface area contributed by atoms with Crippen LogP contribution in [0, 0.1) is 6.92 Å². The molecule has 0 N–H and O–H groups in total. The van der Waals surface area contributed by atoms with Crippen LogP contribution in [0.3, 0.4) is 0 Å². The molecule has 2 aromatic rings. The molecule has 0 bridgehead atoms. The quantitative estimate of drug-likeness (QED) is 0.275. The van der Waals surface area contributed by atoms with Crippen molar-refractivity contribution in [1.82, 2.24) is 0 Å². The van der Waals surface area contributed by atoms with E-state index in [4.69, 9.17) is 26.4 Å². The van der Waals surface area contributed by atoms with E-state index in [2.05, 4.69) is 0 Å². The summed E-state index contributed by atoms with van der Waals surface area (Å²) in [5.74, 6) is -0.907. The van der Waals surface area contributed by atoms with E-state index in [-0.39, 0.29) is 15.7 Å². The van der Waals surface area contributed by atoms with Gasteiger partial charge in [-0.25, -0.2) is 9.59 Å². The second kappa shape index (κ2) is 10.4. The highest BCUT2D eigenvalue weighted by atomic mass is 32.2. The normalized spacial score (nSPS) is 16.5. The van der Waals surface area contributed by atoms with Gasteiger partial charge in [-0.05, 0) is 44.5 Å². The van der Waals surface area contributed by atoms with E-state index in [0.717, 1.165) is 34.7 Å². The van der Waals surface area contributed by atoms with Gasteiger partial charge in [0.2, 0.25) is 0 Å². The zero-order valence-electron chi connectivity index (χ0n) is 21.2. The minimum atomic E-state index is -0.919. The first-order valence-electron chi connectivity index (χ1n) is 11.2. The number of esters is 2. The van der Waals surface area contributed by atoms with Crippen molar-refractivity contribution in [3.8, 4) is 5.75 Å². The minimum absolute atomic E-state index is 0.145. The summed E-state index contributed by atoms with van der Waals surface area (Å²) >= 11 is 8.28. The maximum Gasteiger partial charge on any atom is 0.346 e. The number of benzene rings is 2. The molecule has 0 fully saturated rings. The van der Waals surface area contributed by atoms with E-state index in [0.29, 0.717) is 31.7 Å². The average molecular weight is 556 g/mol. The number of rotatable bonds is 4. The zero-order chi connectivity index (χ0) is 27.1. The molecule has 2 aromatic carbocycles. The summed E-state index contributed by atoms with van der Waals surface area (Å²) in [6.07, 6.45) is 0. The van der Waals surface area contributed by atoms with Crippen LogP contribution in [0.15, 0.2) is 56.5 Å². The number of amides is 1. The summed E-state index contributed by atoms with van der Waals surface area (Å²) in [6.45, 7) is 5.72. The number of fused-ring (bicyclic) bond motifs is 1. The number of hydrogen-bond donors (Lipinski definition) is 0. The Morgan fingerprint density at radius 2 is 1.51 bits per heavy atom. The largest absolute Gasteiger partial charge is 0.497 e. The molecule has 2 aliphatic rings. The number of thioether (sulfide) groups is 2. The number of methoxy groups -OCH3 is 3. The Kier molecular flexibility index (Phi) is 7.55. The molecule has 0 radical (unpaired) electrons. The van der Waals surface area contributed by atoms with Crippen LogP contribution in [-0.2, 0) is 19.1 Å². The fraction of sp³-hybridized carbons (Fsp3) is 0.259. The predicted molar refractivity (Wildman–Crippen MR) is 151 cm³/mol. The first-order valence-corrected chi connectivity index (χ1v) is 13.2. The Hall–Kier alpha value is -3.08. The number of thiocarbonyl (C=S) groups is 1. The summed E-state index contributed by atoms with van der Waals surface area (Å²) < 4.78 is 15.8. The van der Waals surface area contributed by atoms with Crippen molar-refractivity contribution >= 4 is 69.7 Å². The smallest absolute Gasteiger partial charge is 0.346 e. The molecule has 1 amide bonds. The maximum atomic E-state index is 14.0. The third-order valence-corrected chi connectivity index (χ3v) is 9.40. The second-order valence-electron chi connectivity index (χ2n) is 8.74. The molecule has 0 saturated heterocycles. The summed E-state index contributed by atoms with van der Waals surface area (Å²) in [7, 11) is 4.07. The fourth-order valence-electron chi connectivity index (χ4n) is 4.27. The molecule has 10 heteroatoms. The van der Waals surface area contributed by atoms with Crippen LogP contribution >= 0.6 is 35.7 Å². The van der Waals surface area contributed by atoms with Gasteiger partial charge in [0.05, 0.1) is 41.7 Å². The van der Waals surface area contributed by atoms with Gasteiger partial charge in [0.1, 0.15) is 15.6 Å². The molecule has 7 nitrogen and oxygen atoms in total. The van der Waals surface area contributed by atoms with Crippen LogP contribution in [0.1, 0.15) is 35.3 Å². The number of carbonyl (C=O) groups is 3. The van der Waals surface area contributed by atoms with Crippen molar-refractivity contribution in [2.45, 2.75) is 26.3 Å². The van der Waals surface area contributed by atoms with Crippen molar-refractivity contribution in [2.24, 2.45) is 0 Å². The molecule has 37 heavy (non-hydrogen) atoms. The Labute approximate surface area is 229 Å². The van der Waals surface area contributed by atoms with Crippen molar-refractivity contribution in [3.05, 3.63) is 73.2 Å². The van der Waals surface area contributed by atoms with Crippen LogP contribution in [0.25, 0.3) is 5.57 Å². The Bertz CT molecular complexity index is 1380. The van der Waals surface area contributed by atoms with Gasteiger partial charge in [-0.2, -0.15) is 0 Å². The second-order valence-corrected chi connectivity index (χ2v) is 11.4. The lowest BCUT2D eigenvalue weighted by atomic mass is 9.81. The van der Waals surface area contributed by atoms with E-state index < -0.39 is 17.5 Å². The first-order chi connectivity index (χ1) is 17.6. The predicted octanol–water partition coefficient (Wildman–Crippen LogP) is 5.52. The topological polar surface area (TPSA) is 82.1 Å². The Morgan fingerprint density at radius 1 is 0.919 bits per heavy atom. The van der Waals surface area contributed by atoms with Crippen molar-refractivity contribution in [2.75, 3.05) is 26.2 Å². The monoisotopic (exact) mass is 555 g/mol. The highest BCUT2D eigenvalue weighted by molar-refractivity contribution is 8.29. The summed E-state index contributed by atoms with van der Waals surface area (Å²) in [5, 5.41) is 0. The number of ether oxygens (including phenoxy) is 3. The molecule has 0 aliphatic carbocycles. The lowest BCUT2D eigenvalue weighted by molar-refractivity contribution is -0.138. The number of nitrogens with zero attached hydrogens (tertiary/aromatic N) is 1. The van der Waals surface area contributed by atoms with E-state index in [1.165, 1.54) is 14.2 Å². The van der Waals surface area contributed by atoms with Gasteiger partial charge in [-0.1, -0.05) is 60.0 Å². The molecule has 4 rings (SSSR count). The highest BCUT2D eigenvalue weighted by Gasteiger charge is 2.46. The molecule has 0 unspecified atom stereocenters. The van der Waals surface area contributed by atoms with E-state index in [1.807, 2.05) is 39.0 Å². The third-order valence-electron chi connectivity index (χ3n) is 6.13. The van der Waals surface area contributed by atoms with Crippen molar-refractivity contribution in [1.29, 1.82) is 0 Å². The van der Waals surface area contributed by atoms with Crippen LogP contribution < -0.4 is 9.64 Å². The highest BCUT2D eigenvalue weighted by Crippen LogP contribution is 2.56. The summed E-state index contributed by atoms with van der Waals surface area (Å²) in [5.41, 5.74) is 2.58. The van der Waals surface area contributed by atoms with Gasteiger partial charge in [-0.3, -0.25) is 9.69 Å². The number of carbonyl (C=O) groups excluding carboxylic acids is 3. The van der Waals surface area contributed by atoms with E-state index >= 15 is 0 Å². The fourth-order valence-corrected chi connectivity index (χ4v) is 7.30. The third kappa shape index (κ3) is 4.58. The van der Waals surface area contributed by atoms with Crippen LogP contribution in [0.4, 0.5) is 5.69 Å². The number of aryl methyl sites for hydroxylation is 1. The van der Waals surface area contributed by atoms with Crippen LogP contribution in [0.5, 0.6) is 5.75 Å².